The average molecular weight is 182 g/mol. The van der Waals surface area contributed by atoms with Gasteiger partial charge in [-0.3, -0.25) is 9.80 Å². The predicted molar refractivity (Wildman–Crippen MR) is 55.7 cm³/mol. The van der Waals surface area contributed by atoms with Crippen molar-refractivity contribution in [3.8, 4) is 0 Å². The second kappa shape index (κ2) is 3.25. The zero-order valence-corrected chi connectivity index (χ0v) is 9.21. The lowest BCUT2D eigenvalue weighted by Crippen LogP contribution is -2.53. The van der Waals surface area contributed by atoms with Crippen molar-refractivity contribution in [1.82, 2.24) is 9.80 Å². The molecule has 0 atom stereocenters. The van der Waals surface area contributed by atoms with Crippen molar-refractivity contribution in [3.05, 3.63) is 0 Å². The zero-order valence-electron chi connectivity index (χ0n) is 9.21. The summed E-state index contributed by atoms with van der Waals surface area (Å²) in [6, 6.07) is 0.935. The normalized spacial score (nSPS) is 27.9. The average Bonchev–Trinajstić information content (AvgIpc) is 2.85. The molecule has 0 radical (unpaired) electrons. The third-order valence-electron chi connectivity index (χ3n) is 3.24. The van der Waals surface area contributed by atoms with Crippen molar-refractivity contribution in [2.75, 3.05) is 19.8 Å². The molecule has 2 fully saturated rings. The van der Waals surface area contributed by atoms with Crippen LogP contribution < -0.4 is 0 Å². The second-order valence-corrected chi connectivity index (χ2v) is 5.47. The predicted octanol–water partition coefficient (Wildman–Crippen LogP) is 1.91. The molecule has 1 aliphatic carbocycles. The fourth-order valence-electron chi connectivity index (χ4n) is 2.11. The molecule has 1 heterocycles. The van der Waals surface area contributed by atoms with Crippen molar-refractivity contribution >= 4 is 0 Å². The first kappa shape index (κ1) is 9.47. The fourth-order valence-corrected chi connectivity index (χ4v) is 2.11. The first-order valence-electron chi connectivity index (χ1n) is 5.56. The number of hydrogen-bond donors (Lipinski definition) is 0. The number of rotatable bonds is 1. The van der Waals surface area contributed by atoms with E-state index >= 15 is 0 Å². The van der Waals surface area contributed by atoms with Crippen LogP contribution in [0.4, 0.5) is 0 Å². The SMILES string of the molecule is CC(C)(C)N1CCCN(C2CC2)C1. The highest BCUT2D eigenvalue weighted by Crippen LogP contribution is 2.30. The molecule has 76 valence electrons. The number of nitrogens with zero attached hydrogens (tertiary/aromatic N) is 2. The van der Waals surface area contributed by atoms with Gasteiger partial charge in [0.1, 0.15) is 0 Å². The Morgan fingerprint density at radius 1 is 1.08 bits per heavy atom. The van der Waals surface area contributed by atoms with E-state index in [1.807, 2.05) is 0 Å². The molecular weight excluding hydrogens is 160 g/mol. The van der Waals surface area contributed by atoms with E-state index in [2.05, 4.69) is 30.6 Å². The van der Waals surface area contributed by atoms with Crippen LogP contribution in [0, 0.1) is 0 Å². The Bertz CT molecular complexity index is 179. The smallest absolute Gasteiger partial charge is 0.0513 e. The van der Waals surface area contributed by atoms with Gasteiger partial charge in [-0.1, -0.05) is 0 Å². The molecule has 2 rings (SSSR count). The Hall–Kier alpha value is -0.0800. The molecule has 1 saturated heterocycles. The highest BCUT2D eigenvalue weighted by Gasteiger charge is 2.34. The van der Waals surface area contributed by atoms with Crippen LogP contribution >= 0.6 is 0 Å². The van der Waals surface area contributed by atoms with Gasteiger partial charge in [-0.25, -0.2) is 0 Å². The van der Waals surface area contributed by atoms with E-state index in [4.69, 9.17) is 0 Å². The van der Waals surface area contributed by atoms with Crippen LogP contribution in [0.2, 0.25) is 0 Å². The van der Waals surface area contributed by atoms with Crippen LogP contribution in [-0.2, 0) is 0 Å². The van der Waals surface area contributed by atoms with Gasteiger partial charge in [-0.15, -0.1) is 0 Å². The van der Waals surface area contributed by atoms with E-state index < -0.39 is 0 Å². The molecule has 0 unspecified atom stereocenters. The molecule has 0 N–H and O–H groups in total. The maximum Gasteiger partial charge on any atom is 0.0513 e. The van der Waals surface area contributed by atoms with Crippen LogP contribution in [0.25, 0.3) is 0 Å². The Morgan fingerprint density at radius 3 is 2.31 bits per heavy atom. The Morgan fingerprint density at radius 2 is 1.77 bits per heavy atom. The molecule has 1 saturated carbocycles. The Balaban J connectivity index is 1.91. The molecule has 2 heteroatoms. The summed E-state index contributed by atoms with van der Waals surface area (Å²) in [4.78, 5) is 5.27. The minimum Gasteiger partial charge on any atom is -0.287 e. The van der Waals surface area contributed by atoms with Gasteiger partial charge in [-0.05, 0) is 40.0 Å². The highest BCUT2D eigenvalue weighted by atomic mass is 15.4. The topological polar surface area (TPSA) is 6.48 Å². The van der Waals surface area contributed by atoms with E-state index in [1.165, 1.54) is 39.0 Å². The van der Waals surface area contributed by atoms with Crippen molar-refractivity contribution in [2.45, 2.75) is 51.6 Å². The lowest BCUT2D eigenvalue weighted by atomic mass is 10.1. The van der Waals surface area contributed by atoms with E-state index in [0.717, 1.165) is 6.04 Å². The lowest BCUT2D eigenvalue weighted by Gasteiger charge is -2.43. The zero-order chi connectivity index (χ0) is 9.47. The molecule has 0 spiro atoms. The highest BCUT2D eigenvalue weighted by molar-refractivity contribution is 4.88. The van der Waals surface area contributed by atoms with Gasteiger partial charge in [0.05, 0.1) is 6.67 Å². The van der Waals surface area contributed by atoms with E-state index in [-0.39, 0.29) is 0 Å². The van der Waals surface area contributed by atoms with Crippen LogP contribution in [0.3, 0.4) is 0 Å². The van der Waals surface area contributed by atoms with Crippen molar-refractivity contribution in [3.63, 3.8) is 0 Å². The van der Waals surface area contributed by atoms with Crippen molar-refractivity contribution < 1.29 is 0 Å². The van der Waals surface area contributed by atoms with Crippen molar-refractivity contribution in [1.29, 1.82) is 0 Å². The van der Waals surface area contributed by atoms with Crippen molar-refractivity contribution in [2.24, 2.45) is 0 Å². The van der Waals surface area contributed by atoms with Gasteiger partial charge >= 0.3 is 0 Å². The summed E-state index contributed by atoms with van der Waals surface area (Å²) >= 11 is 0. The number of hydrogen-bond acceptors (Lipinski definition) is 2. The minimum absolute atomic E-state index is 0.355. The van der Waals surface area contributed by atoms with Crippen LogP contribution in [0.5, 0.6) is 0 Å². The maximum absolute atomic E-state index is 2.66. The monoisotopic (exact) mass is 182 g/mol. The molecular formula is C11H22N2. The standard InChI is InChI=1S/C11H22N2/c1-11(2,3)13-8-4-7-12(9-13)10-5-6-10/h10H,4-9H2,1-3H3. The third kappa shape index (κ3) is 2.23. The van der Waals surface area contributed by atoms with E-state index in [1.54, 1.807) is 0 Å². The van der Waals surface area contributed by atoms with Gasteiger partial charge in [0.2, 0.25) is 0 Å². The first-order valence-corrected chi connectivity index (χ1v) is 5.56. The minimum atomic E-state index is 0.355. The van der Waals surface area contributed by atoms with Crippen LogP contribution in [0.15, 0.2) is 0 Å². The molecule has 2 aliphatic rings. The molecule has 2 nitrogen and oxygen atoms in total. The van der Waals surface area contributed by atoms with Gasteiger partial charge < -0.3 is 0 Å². The molecule has 0 aromatic carbocycles. The Labute approximate surface area is 81.9 Å². The summed E-state index contributed by atoms with van der Waals surface area (Å²) in [6.45, 7) is 10.8. The quantitative estimate of drug-likeness (QED) is 0.611. The first-order chi connectivity index (χ1) is 6.07. The fraction of sp³-hybridized carbons (Fsp3) is 1.00. The second-order valence-electron chi connectivity index (χ2n) is 5.47. The summed E-state index contributed by atoms with van der Waals surface area (Å²) in [5.74, 6) is 0. The third-order valence-corrected chi connectivity index (χ3v) is 3.24. The summed E-state index contributed by atoms with van der Waals surface area (Å²) in [7, 11) is 0. The summed E-state index contributed by atoms with van der Waals surface area (Å²) < 4.78 is 0. The molecule has 0 amide bonds. The summed E-state index contributed by atoms with van der Waals surface area (Å²) in [6.07, 6.45) is 4.24. The van der Waals surface area contributed by atoms with E-state index in [9.17, 15) is 0 Å². The molecule has 13 heavy (non-hydrogen) atoms. The maximum atomic E-state index is 2.66. The van der Waals surface area contributed by atoms with Gasteiger partial charge in [0, 0.05) is 24.7 Å². The molecule has 0 bridgehead atoms. The Kier molecular flexibility index (Phi) is 2.37. The molecule has 1 aliphatic heterocycles. The summed E-state index contributed by atoms with van der Waals surface area (Å²) in [5, 5.41) is 0. The van der Waals surface area contributed by atoms with Crippen LogP contribution in [-0.4, -0.2) is 41.1 Å². The van der Waals surface area contributed by atoms with E-state index in [0.29, 0.717) is 5.54 Å². The largest absolute Gasteiger partial charge is 0.287 e. The molecule has 0 aromatic rings. The summed E-state index contributed by atoms with van der Waals surface area (Å²) in [5.41, 5.74) is 0.355. The van der Waals surface area contributed by atoms with Gasteiger partial charge in [-0.2, -0.15) is 0 Å². The van der Waals surface area contributed by atoms with Gasteiger partial charge in [0.25, 0.3) is 0 Å². The lowest BCUT2D eigenvalue weighted by molar-refractivity contribution is 0.0170. The van der Waals surface area contributed by atoms with Crippen LogP contribution in [0.1, 0.15) is 40.0 Å². The van der Waals surface area contributed by atoms with Gasteiger partial charge in [0.15, 0.2) is 0 Å². The molecule has 0 aromatic heterocycles.